The van der Waals surface area contributed by atoms with E-state index in [0.717, 1.165) is 24.0 Å². The topological polar surface area (TPSA) is 105 Å². The number of benzene rings is 2. The molecule has 0 heterocycles. The molecule has 0 aliphatic heterocycles. The Morgan fingerprint density at radius 1 is 0.941 bits per heavy atom. The molecule has 2 aromatic rings. The molecule has 0 spiro atoms. The van der Waals surface area contributed by atoms with Gasteiger partial charge in [-0.1, -0.05) is 61.4 Å². The first-order valence-electron chi connectivity index (χ1n) is 12.1. The average molecular weight is 463 g/mol. The third kappa shape index (κ3) is 4.79. The molecule has 2 aromatic carbocycles. The maximum Gasteiger partial charge on any atom is 0.407 e. The van der Waals surface area contributed by atoms with E-state index in [1.807, 2.05) is 24.3 Å². The van der Waals surface area contributed by atoms with E-state index in [1.54, 1.807) is 0 Å². The Morgan fingerprint density at radius 3 is 2.21 bits per heavy atom. The van der Waals surface area contributed by atoms with Gasteiger partial charge < -0.3 is 20.5 Å². The number of carbonyl (C=O) groups excluding carboxylic acids is 2. The first kappa shape index (κ1) is 22.4. The zero-order chi connectivity index (χ0) is 23.7. The lowest BCUT2D eigenvalue weighted by molar-refractivity contribution is -0.142. The van der Waals surface area contributed by atoms with Crippen LogP contribution in [0.25, 0.3) is 11.1 Å². The minimum absolute atomic E-state index is 0.000302. The number of carbonyl (C=O) groups is 3. The van der Waals surface area contributed by atoms with Crippen molar-refractivity contribution >= 4 is 18.0 Å². The Labute approximate surface area is 198 Å². The molecule has 3 atom stereocenters. The first-order valence-corrected chi connectivity index (χ1v) is 12.1. The molecule has 7 heteroatoms. The van der Waals surface area contributed by atoms with E-state index in [9.17, 15) is 19.5 Å². The molecule has 2 saturated carbocycles. The van der Waals surface area contributed by atoms with Crippen LogP contribution in [0.3, 0.4) is 0 Å². The lowest BCUT2D eigenvalue weighted by Gasteiger charge is -2.18. The highest BCUT2D eigenvalue weighted by Crippen LogP contribution is 2.44. The van der Waals surface area contributed by atoms with Gasteiger partial charge >= 0.3 is 12.1 Å². The summed E-state index contributed by atoms with van der Waals surface area (Å²) in [6, 6.07) is 15.4. The lowest BCUT2D eigenvalue weighted by Crippen LogP contribution is -2.44. The van der Waals surface area contributed by atoms with Crippen LogP contribution in [-0.4, -0.2) is 41.8 Å². The van der Waals surface area contributed by atoms with Crippen molar-refractivity contribution < 1.29 is 24.2 Å². The summed E-state index contributed by atoms with van der Waals surface area (Å²) in [5.74, 6) is -1.09. The Bertz CT molecular complexity index is 1050. The van der Waals surface area contributed by atoms with Gasteiger partial charge in [0.1, 0.15) is 12.6 Å². The molecule has 3 aliphatic rings. The molecule has 5 rings (SSSR count). The molecule has 7 nitrogen and oxygen atoms in total. The van der Waals surface area contributed by atoms with Crippen molar-refractivity contribution in [1.82, 2.24) is 10.6 Å². The normalized spacial score (nSPS) is 21.9. The molecule has 178 valence electrons. The maximum atomic E-state index is 12.6. The molecule has 2 unspecified atom stereocenters. The van der Waals surface area contributed by atoms with Crippen LogP contribution >= 0.6 is 0 Å². The SMILES string of the molecule is O=C(NC1CCC(C(=O)N[C@@H](CC2CC2)C(=O)O)C1)OCC1c2ccccc2-c2ccccc21. The van der Waals surface area contributed by atoms with Gasteiger partial charge in [0.05, 0.1) is 0 Å². The second kappa shape index (κ2) is 9.49. The number of amides is 2. The number of carboxylic acids is 1. The van der Waals surface area contributed by atoms with Crippen molar-refractivity contribution in [2.75, 3.05) is 6.61 Å². The maximum absolute atomic E-state index is 12.6. The van der Waals surface area contributed by atoms with E-state index in [4.69, 9.17) is 4.74 Å². The fourth-order valence-corrected chi connectivity index (χ4v) is 5.36. The van der Waals surface area contributed by atoms with Crippen LogP contribution in [-0.2, 0) is 14.3 Å². The summed E-state index contributed by atoms with van der Waals surface area (Å²) >= 11 is 0. The Hall–Kier alpha value is -3.35. The van der Waals surface area contributed by atoms with Gasteiger partial charge in [-0.2, -0.15) is 0 Å². The highest BCUT2D eigenvalue weighted by Gasteiger charge is 2.35. The fourth-order valence-electron chi connectivity index (χ4n) is 5.36. The molecule has 0 bridgehead atoms. The minimum atomic E-state index is -0.980. The van der Waals surface area contributed by atoms with E-state index in [2.05, 4.69) is 34.9 Å². The van der Waals surface area contributed by atoms with Crippen LogP contribution in [0.1, 0.15) is 55.6 Å². The zero-order valence-electron chi connectivity index (χ0n) is 19.0. The number of aliphatic carboxylic acids is 1. The van der Waals surface area contributed by atoms with Gasteiger partial charge in [-0.3, -0.25) is 4.79 Å². The van der Waals surface area contributed by atoms with Gasteiger partial charge in [0, 0.05) is 17.9 Å². The number of hydrogen-bond acceptors (Lipinski definition) is 4. The summed E-state index contributed by atoms with van der Waals surface area (Å²) in [4.78, 5) is 36.6. The minimum Gasteiger partial charge on any atom is -0.480 e. The van der Waals surface area contributed by atoms with Gasteiger partial charge in [-0.25, -0.2) is 9.59 Å². The third-order valence-electron chi connectivity index (χ3n) is 7.35. The summed E-state index contributed by atoms with van der Waals surface area (Å²) in [5.41, 5.74) is 4.68. The average Bonchev–Trinajstić information content (AvgIpc) is 3.43. The number of ether oxygens (including phenoxy) is 1. The van der Waals surface area contributed by atoms with Gasteiger partial charge in [0.2, 0.25) is 5.91 Å². The van der Waals surface area contributed by atoms with Crippen molar-refractivity contribution in [3.05, 3.63) is 59.7 Å². The standard InChI is InChI=1S/C27H30N2O5/c30-25(29-24(26(31)32)13-16-9-10-16)17-11-12-18(14-17)28-27(33)34-15-23-21-7-3-1-5-19(21)20-6-2-4-8-22(20)23/h1-8,16-18,23-24H,9-15H2,(H,28,33)(H,29,30)(H,31,32)/t17?,18?,24-/m0/s1. The van der Waals surface area contributed by atoms with E-state index < -0.39 is 18.1 Å². The molecule has 3 aliphatic carbocycles. The van der Waals surface area contributed by atoms with E-state index in [1.165, 1.54) is 11.1 Å². The van der Waals surface area contributed by atoms with Crippen molar-refractivity contribution in [2.24, 2.45) is 11.8 Å². The molecule has 0 saturated heterocycles. The first-order chi connectivity index (χ1) is 16.5. The van der Waals surface area contributed by atoms with Crippen LogP contribution in [0.4, 0.5) is 4.79 Å². The summed E-state index contributed by atoms with van der Waals surface area (Å²) < 4.78 is 5.62. The van der Waals surface area contributed by atoms with Crippen molar-refractivity contribution in [3.8, 4) is 11.1 Å². The van der Waals surface area contributed by atoms with Crippen LogP contribution in [0.15, 0.2) is 48.5 Å². The number of carboxylic acid groups (broad SMARTS) is 1. The highest BCUT2D eigenvalue weighted by atomic mass is 16.5. The van der Waals surface area contributed by atoms with Crippen LogP contribution < -0.4 is 10.6 Å². The van der Waals surface area contributed by atoms with Crippen LogP contribution in [0, 0.1) is 11.8 Å². The highest BCUT2D eigenvalue weighted by molar-refractivity contribution is 5.85. The molecule has 34 heavy (non-hydrogen) atoms. The number of fused-ring (bicyclic) bond motifs is 3. The van der Waals surface area contributed by atoms with Crippen LogP contribution in [0.5, 0.6) is 0 Å². The van der Waals surface area contributed by atoms with Gasteiger partial charge in [-0.05, 0) is 53.9 Å². The summed E-state index contributed by atoms with van der Waals surface area (Å²) in [7, 11) is 0. The smallest absolute Gasteiger partial charge is 0.407 e. The monoisotopic (exact) mass is 462 g/mol. The van der Waals surface area contributed by atoms with Crippen molar-refractivity contribution in [2.45, 2.75) is 56.5 Å². The van der Waals surface area contributed by atoms with Gasteiger partial charge in [0.25, 0.3) is 0 Å². The van der Waals surface area contributed by atoms with Crippen LogP contribution in [0.2, 0.25) is 0 Å². The second-order valence-electron chi connectivity index (χ2n) is 9.76. The molecule has 3 N–H and O–H groups in total. The lowest BCUT2D eigenvalue weighted by atomic mass is 9.98. The van der Waals surface area contributed by atoms with E-state index >= 15 is 0 Å². The number of rotatable bonds is 8. The molecule has 2 fully saturated rings. The number of nitrogens with one attached hydrogen (secondary N) is 2. The second-order valence-corrected chi connectivity index (χ2v) is 9.76. The van der Waals surface area contributed by atoms with E-state index in [-0.39, 0.29) is 30.4 Å². The molecular formula is C27H30N2O5. The fraction of sp³-hybridized carbons (Fsp3) is 0.444. The summed E-state index contributed by atoms with van der Waals surface area (Å²) in [5, 5.41) is 15.0. The Morgan fingerprint density at radius 2 is 1.59 bits per heavy atom. The summed E-state index contributed by atoms with van der Waals surface area (Å²) in [6.45, 7) is 0.248. The van der Waals surface area contributed by atoms with Gasteiger partial charge in [-0.15, -0.1) is 0 Å². The zero-order valence-corrected chi connectivity index (χ0v) is 19.0. The number of alkyl carbamates (subject to hydrolysis) is 1. The third-order valence-corrected chi connectivity index (χ3v) is 7.35. The van der Waals surface area contributed by atoms with Crippen molar-refractivity contribution in [3.63, 3.8) is 0 Å². The molecule has 2 amide bonds. The molecule has 0 radical (unpaired) electrons. The largest absolute Gasteiger partial charge is 0.480 e. The molecular weight excluding hydrogens is 432 g/mol. The van der Waals surface area contributed by atoms with Crippen molar-refractivity contribution in [1.29, 1.82) is 0 Å². The van der Waals surface area contributed by atoms with E-state index in [0.29, 0.717) is 31.6 Å². The quantitative estimate of drug-likeness (QED) is 0.549. The summed E-state index contributed by atoms with van der Waals surface area (Å²) in [6.07, 6.45) is 3.87. The number of hydrogen-bond donors (Lipinski definition) is 3. The molecule has 0 aromatic heterocycles. The Kier molecular flexibility index (Phi) is 6.26. The predicted octanol–water partition coefficient (Wildman–Crippen LogP) is 4.06. The Balaban J connectivity index is 1.12. The predicted molar refractivity (Wildman–Crippen MR) is 126 cm³/mol. The van der Waals surface area contributed by atoms with Gasteiger partial charge in [0.15, 0.2) is 0 Å².